The zero-order valence-electron chi connectivity index (χ0n) is 14.3. The van der Waals surface area contributed by atoms with E-state index in [1.807, 2.05) is 13.8 Å². The smallest absolute Gasteiger partial charge is 0.239 e. The van der Waals surface area contributed by atoms with Gasteiger partial charge >= 0.3 is 0 Å². The summed E-state index contributed by atoms with van der Waals surface area (Å²) in [4.78, 5) is 25.9. The van der Waals surface area contributed by atoms with Crippen molar-refractivity contribution < 1.29 is 9.59 Å². The lowest BCUT2D eigenvalue weighted by Gasteiger charge is -2.34. The highest BCUT2D eigenvalue weighted by Crippen LogP contribution is 2.15. The van der Waals surface area contributed by atoms with Crippen molar-refractivity contribution in [2.45, 2.75) is 52.1 Å². The van der Waals surface area contributed by atoms with Gasteiger partial charge in [0.1, 0.15) is 0 Å². The molecule has 6 nitrogen and oxygen atoms in total. The van der Waals surface area contributed by atoms with E-state index in [1.54, 1.807) is 0 Å². The van der Waals surface area contributed by atoms with Crippen LogP contribution in [0.3, 0.4) is 0 Å². The standard InChI is InChI=1S/C15H30N4O2.2ClH/c1-4-19-8-6-5-7-12(19)9-17-13(20)10-18-15(21)14(16)11(2)3;;/h11-12,14H,4-10,16H2,1-3H3,(H,17,20)(H,18,21);2*1H/t12?,14-;;/m0../s1. The van der Waals surface area contributed by atoms with Gasteiger partial charge in [-0.3, -0.25) is 14.5 Å². The van der Waals surface area contributed by atoms with Gasteiger partial charge in [0, 0.05) is 12.6 Å². The fourth-order valence-corrected chi connectivity index (χ4v) is 2.59. The molecule has 0 aromatic heterocycles. The number of amides is 2. The van der Waals surface area contributed by atoms with Gasteiger partial charge in [-0.1, -0.05) is 27.2 Å². The van der Waals surface area contributed by atoms with E-state index in [4.69, 9.17) is 5.73 Å². The molecule has 1 saturated heterocycles. The molecule has 1 heterocycles. The molecule has 0 aromatic rings. The van der Waals surface area contributed by atoms with E-state index in [0.717, 1.165) is 19.5 Å². The van der Waals surface area contributed by atoms with Crippen molar-refractivity contribution in [3.05, 3.63) is 0 Å². The normalized spacial score (nSPS) is 19.3. The molecule has 1 fully saturated rings. The summed E-state index contributed by atoms with van der Waals surface area (Å²) in [6.07, 6.45) is 3.58. The lowest BCUT2D eigenvalue weighted by Crippen LogP contribution is -2.50. The molecule has 0 bridgehead atoms. The lowest BCUT2D eigenvalue weighted by atomic mass is 10.0. The minimum Gasteiger partial charge on any atom is -0.353 e. The first kappa shape index (κ1) is 24.7. The Labute approximate surface area is 152 Å². The maximum Gasteiger partial charge on any atom is 0.239 e. The summed E-state index contributed by atoms with van der Waals surface area (Å²) in [5.41, 5.74) is 5.72. The van der Waals surface area contributed by atoms with Gasteiger partial charge in [0.15, 0.2) is 0 Å². The highest BCUT2D eigenvalue weighted by atomic mass is 35.5. The molecule has 1 rings (SSSR count). The van der Waals surface area contributed by atoms with Crippen molar-refractivity contribution in [2.24, 2.45) is 11.7 Å². The third-order valence-electron chi connectivity index (χ3n) is 4.13. The highest BCUT2D eigenvalue weighted by molar-refractivity contribution is 5.87. The van der Waals surface area contributed by atoms with E-state index in [9.17, 15) is 9.59 Å². The molecule has 1 unspecified atom stereocenters. The van der Waals surface area contributed by atoms with Gasteiger partial charge in [-0.05, 0) is 31.8 Å². The third kappa shape index (κ3) is 8.74. The summed E-state index contributed by atoms with van der Waals surface area (Å²) in [7, 11) is 0. The fraction of sp³-hybridized carbons (Fsp3) is 0.867. The molecule has 138 valence electrons. The van der Waals surface area contributed by atoms with Crippen molar-refractivity contribution in [3.8, 4) is 0 Å². The molecule has 0 aromatic carbocycles. The second-order valence-electron chi connectivity index (χ2n) is 6.07. The van der Waals surface area contributed by atoms with Crippen LogP contribution < -0.4 is 16.4 Å². The quantitative estimate of drug-likeness (QED) is 0.621. The van der Waals surface area contributed by atoms with Crippen LogP contribution in [-0.4, -0.2) is 55.0 Å². The van der Waals surface area contributed by atoms with Crippen molar-refractivity contribution in [3.63, 3.8) is 0 Å². The molecule has 2 amide bonds. The number of nitrogens with two attached hydrogens (primary N) is 1. The Kier molecular flexibility index (Phi) is 13.8. The number of hydrogen-bond donors (Lipinski definition) is 3. The molecular formula is C15H32Cl2N4O2. The van der Waals surface area contributed by atoms with Gasteiger partial charge in [-0.2, -0.15) is 0 Å². The van der Waals surface area contributed by atoms with E-state index < -0.39 is 6.04 Å². The van der Waals surface area contributed by atoms with Crippen LogP contribution in [0.15, 0.2) is 0 Å². The van der Waals surface area contributed by atoms with Crippen LogP contribution in [0.1, 0.15) is 40.0 Å². The molecule has 1 aliphatic rings. The first-order valence-corrected chi connectivity index (χ1v) is 7.99. The van der Waals surface area contributed by atoms with Gasteiger partial charge < -0.3 is 16.4 Å². The first-order valence-electron chi connectivity index (χ1n) is 7.99. The van der Waals surface area contributed by atoms with Crippen LogP contribution in [0.4, 0.5) is 0 Å². The van der Waals surface area contributed by atoms with Crippen molar-refractivity contribution in [1.29, 1.82) is 0 Å². The highest BCUT2D eigenvalue weighted by Gasteiger charge is 2.22. The van der Waals surface area contributed by atoms with Crippen LogP contribution >= 0.6 is 24.8 Å². The summed E-state index contributed by atoms with van der Waals surface area (Å²) in [5.74, 6) is -0.359. The zero-order chi connectivity index (χ0) is 15.8. The zero-order valence-corrected chi connectivity index (χ0v) is 16.0. The van der Waals surface area contributed by atoms with E-state index in [2.05, 4.69) is 22.5 Å². The molecule has 0 aliphatic carbocycles. The summed E-state index contributed by atoms with van der Waals surface area (Å²) in [6.45, 7) is 8.68. The summed E-state index contributed by atoms with van der Waals surface area (Å²) in [6, 6.07) is -0.145. The number of likely N-dealkylation sites (tertiary alicyclic amines) is 1. The number of halogens is 2. The molecule has 0 saturated carbocycles. The molecule has 1 aliphatic heterocycles. The molecule has 23 heavy (non-hydrogen) atoms. The second kappa shape index (κ2) is 12.8. The lowest BCUT2D eigenvalue weighted by molar-refractivity contribution is -0.127. The average molecular weight is 371 g/mol. The molecule has 0 radical (unpaired) electrons. The molecule has 8 heteroatoms. The van der Waals surface area contributed by atoms with Crippen molar-refractivity contribution in [1.82, 2.24) is 15.5 Å². The maximum absolute atomic E-state index is 11.8. The number of rotatable bonds is 7. The van der Waals surface area contributed by atoms with E-state index in [0.29, 0.717) is 12.6 Å². The maximum atomic E-state index is 11.8. The molecular weight excluding hydrogens is 339 g/mol. The average Bonchev–Trinajstić information content (AvgIpc) is 2.49. The Morgan fingerprint density at radius 2 is 1.87 bits per heavy atom. The minimum atomic E-state index is -0.563. The summed E-state index contributed by atoms with van der Waals surface area (Å²) < 4.78 is 0. The van der Waals surface area contributed by atoms with Crippen LogP contribution in [0, 0.1) is 5.92 Å². The number of carbonyl (C=O) groups excluding carboxylic acids is 2. The van der Waals surface area contributed by atoms with E-state index in [-0.39, 0.29) is 49.1 Å². The Hall–Kier alpha value is -0.560. The van der Waals surface area contributed by atoms with Crippen LogP contribution in [0.5, 0.6) is 0 Å². The van der Waals surface area contributed by atoms with Crippen LogP contribution in [-0.2, 0) is 9.59 Å². The second-order valence-corrected chi connectivity index (χ2v) is 6.07. The van der Waals surface area contributed by atoms with Crippen molar-refractivity contribution >= 4 is 36.6 Å². The molecule has 0 spiro atoms. The SMILES string of the molecule is CCN1CCCCC1CNC(=O)CNC(=O)[C@@H](N)C(C)C.Cl.Cl. The van der Waals surface area contributed by atoms with E-state index >= 15 is 0 Å². The van der Waals surface area contributed by atoms with Gasteiger partial charge in [0.05, 0.1) is 12.6 Å². The van der Waals surface area contributed by atoms with Gasteiger partial charge in [0.2, 0.25) is 11.8 Å². The Balaban J connectivity index is 0. The number of likely N-dealkylation sites (N-methyl/N-ethyl adjacent to an activating group) is 1. The molecule has 2 atom stereocenters. The van der Waals surface area contributed by atoms with Crippen LogP contribution in [0.25, 0.3) is 0 Å². The Morgan fingerprint density at radius 3 is 2.43 bits per heavy atom. The summed E-state index contributed by atoms with van der Waals surface area (Å²) >= 11 is 0. The van der Waals surface area contributed by atoms with Gasteiger partial charge in [0.25, 0.3) is 0 Å². The number of nitrogens with one attached hydrogen (secondary N) is 2. The largest absolute Gasteiger partial charge is 0.353 e. The monoisotopic (exact) mass is 370 g/mol. The van der Waals surface area contributed by atoms with Crippen molar-refractivity contribution in [2.75, 3.05) is 26.2 Å². The third-order valence-corrected chi connectivity index (χ3v) is 4.13. The predicted octanol–water partition coefficient (Wildman–Crippen LogP) is 0.920. The first-order chi connectivity index (χ1) is 9.95. The Morgan fingerprint density at radius 1 is 1.22 bits per heavy atom. The topological polar surface area (TPSA) is 87.5 Å². The summed E-state index contributed by atoms with van der Waals surface area (Å²) in [5, 5.41) is 5.49. The predicted molar refractivity (Wildman–Crippen MR) is 98.2 cm³/mol. The van der Waals surface area contributed by atoms with Gasteiger partial charge in [-0.15, -0.1) is 24.8 Å². The number of hydrogen-bond acceptors (Lipinski definition) is 4. The minimum absolute atomic E-state index is 0. The number of nitrogens with zero attached hydrogens (tertiary/aromatic N) is 1. The van der Waals surface area contributed by atoms with Gasteiger partial charge in [-0.25, -0.2) is 0 Å². The Bertz CT molecular complexity index is 356. The number of carbonyl (C=O) groups is 2. The van der Waals surface area contributed by atoms with Crippen LogP contribution in [0.2, 0.25) is 0 Å². The number of piperidine rings is 1. The van der Waals surface area contributed by atoms with E-state index in [1.165, 1.54) is 12.8 Å². The fourth-order valence-electron chi connectivity index (χ4n) is 2.59. The molecule has 4 N–H and O–H groups in total.